The summed E-state index contributed by atoms with van der Waals surface area (Å²) in [7, 11) is 1.40. The molecule has 6 rings (SSSR count). The number of esters is 1. The molecule has 4 heterocycles. The van der Waals surface area contributed by atoms with Crippen LogP contribution < -0.4 is 9.64 Å². The van der Waals surface area contributed by atoms with E-state index in [-0.39, 0.29) is 12.1 Å². The molecule has 2 aromatic heterocycles. The summed E-state index contributed by atoms with van der Waals surface area (Å²) in [6, 6.07) is 16.0. The van der Waals surface area contributed by atoms with E-state index in [9.17, 15) is 4.79 Å². The van der Waals surface area contributed by atoms with Gasteiger partial charge in [0.15, 0.2) is 0 Å². The van der Waals surface area contributed by atoms with Crippen molar-refractivity contribution in [2.45, 2.75) is 32.2 Å². The summed E-state index contributed by atoms with van der Waals surface area (Å²) in [5.41, 5.74) is 3.44. The normalized spacial score (nSPS) is 17.9. The molecule has 2 aromatic carbocycles. The number of carbonyl (C=O) groups is 1. The fourth-order valence-corrected chi connectivity index (χ4v) is 5.45. The smallest absolute Gasteiger partial charge is 0.337 e. The van der Waals surface area contributed by atoms with Gasteiger partial charge in [-0.3, -0.25) is 4.90 Å². The minimum atomic E-state index is -0.345. The Morgan fingerprint density at radius 2 is 1.92 bits per heavy atom. The molecule has 0 radical (unpaired) electrons. The predicted octanol–water partition coefficient (Wildman–Crippen LogP) is 3.36. The van der Waals surface area contributed by atoms with E-state index < -0.39 is 0 Å². The lowest BCUT2D eigenvalue weighted by Crippen LogP contribution is -2.46. The van der Waals surface area contributed by atoms with Gasteiger partial charge in [-0.15, -0.1) is 4.37 Å². The molecule has 198 valence electrons. The lowest BCUT2D eigenvalue weighted by atomic mass is 10.1. The molecule has 2 aliphatic rings. The first-order valence-corrected chi connectivity index (χ1v) is 13.6. The van der Waals surface area contributed by atoms with Crippen molar-refractivity contribution in [3.8, 4) is 6.01 Å². The number of nitrogens with zero attached hydrogens (tertiary/aromatic N) is 6. The first kappa shape index (κ1) is 24.8. The maximum atomic E-state index is 12.1. The standard InChI is InChI=1S/C27H30N6O4S/c1-35-25(34)20-7-8-22-23(15-20)33(16-21-9-14-36-21)24(28-22)17-31-10-12-32(13-11-31)27-29-26(30-38-27)37-18-19-5-3-2-4-6-19/h2-8,15,21H,9-14,16-18H2,1H3. The van der Waals surface area contributed by atoms with Crippen molar-refractivity contribution in [2.75, 3.05) is 44.8 Å². The summed E-state index contributed by atoms with van der Waals surface area (Å²) in [6.07, 6.45) is 1.22. The van der Waals surface area contributed by atoms with Gasteiger partial charge in [0, 0.05) is 44.3 Å². The highest BCUT2D eigenvalue weighted by atomic mass is 32.1. The number of imidazole rings is 1. The van der Waals surface area contributed by atoms with Crippen molar-refractivity contribution >= 4 is 33.7 Å². The molecular formula is C27H30N6O4S. The zero-order valence-corrected chi connectivity index (χ0v) is 22.1. The molecule has 1 unspecified atom stereocenters. The quantitative estimate of drug-likeness (QED) is 0.300. The zero-order valence-electron chi connectivity index (χ0n) is 21.3. The third-order valence-corrected chi connectivity index (χ3v) is 7.80. The number of hydrogen-bond donors (Lipinski definition) is 0. The summed E-state index contributed by atoms with van der Waals surface area (Å²) in [5, 5.41) is 0.887. The predicted molar refractivity (Wildman–Crippen MR) is 144 cm³/mol. The number of ether oxygens (including phenoxy) is 3. The number of piperazine rings is 1. The molecule has 0 bridgehead atoms. The van der Waals surface area contributed by atoms with Gasteiger partial charge in [0.1, 0.15) is 12.4 Å². The second-order valence-corrected chi connectivity index (χ2v) is 10.2. The van der Waals surface area contributed by atoms with Gasteiger partial charge < -0.3 is 23.7 Å². The Kier molecular flexibility index (Phi) is 7.21. The average molecular weight is 535 g/mol. The second kappa shape index (κ2) is 11.1. The van der Waals surface area contributed by atoms with Crippen molar-refractivity contribution in [3.05, 3.63) is 65.5 Å². The topological polar surface area (TPSA) is 94.8 Å². The maximum absolute atomic E-state index is 12.1. The van der Waals surface area contributed by atoms with E-state index in [1.807, 2.05) is 42.5 Å². The Labute approximate surface area is 224 Å². The number of methoxy groups -OCH3 is 1. The molecule has 38 heavy (non-hydrogen) atoms. The summed E-state index contributed by atoms with van der Waals surface area (Å²) in [6.45, 7) is 6.19. The molecule has 2 aliphatic heterocycles. The van der Waals surface area contributed by atoms with E-state index in [0.29, 0.717) is 18.2 Å². The Morgan fingerprint density at radius 1 is 1.11 bits per heavy atom. The summed E-state index contributed by atoms with van der Waals surface area (Å²) >= 11 is 1.38. The van der Waals surface area contributed by atoms with Crippen LogP contribution in [0.2, 0.25) is 0 Å². The Bertz CT molecular complexity index is 1400. The van der Waals surface area contributed by atoms with Crippen molar-refractivity contribution in [3.63, 3.8) is 0 Å². The van der Waals surface area contributed by atoms with E-state index in [4.69, 9.17) is 19.2 Å². The van der Waals surface area contributed by atoms with Gasteiger partial charge in [-0.25, -0.2) is 9.78 Å². The third-order valence-electron chi connectivity index (χ3n) is 7.04. The molecule has 0 aliphatic carbocycles. The highest BCUT2D eigenvalue weighted by Gasteiger charge is 2.25. The van der Waals surface area contributed by atoms with E-state index >= 15 is 0 Å². The molecule has 0 amide bonds. The monoisotopic (exact) mass is 534 g/mol. The van der Waals surface area contributed by atoms with Crippen LogP contribution in [0.3, 0.4) is 0 Å². The van der Waals surface area contributed by atoms with Gasteiger partial charge >= 0.3 is 12.0 Å². The molecular weight excluding hydrogens is 504 g/mol. The molecule has 0 saturated carbocycles. The summed E-state index contributed by atoms with van der Waals surface area (Å²) < 4.78 is 23.0. The summed E-state index contributed by atoms with van der Waals surface area (Å²) in [5.74, 6) is 0.640. The number of fused-ring (bicyclic) bond motifs is 1. The SMILES string of the molecule is COC(=O)c1ccc2nc(CN3CCN(c4nc(OCc5ccccc5)ns4)CC3)n(CC3CCO3)c2c1. The molecule has 2 fully saturated rings. The van der Waals surface area contributed by atoms with Crippen LogP contribution in [-0.4, -0.2) is 75.8 Å². The van der Waals surface area contributed by atoms with Crippen LogP contribution in [0.5, 0.6) is 6.01 Å². The lowest BCUT2D eigenvalue weighted by Gasteiger charge is -2.34. The third kappa shape index (κ3) is 5.35. The minimum Gasteiger partial charge on any atom is -0.465 e. The van der Waals surface area contributed by atoms with Crippen LogP contribution >= 0.6 is 11.5 Å². The number of hydrogen-bond acceptors (Lipinski definition) is 10. The van der Waals surface area contributed by atoms with Crippen LogP contribution in [0.15, 0.2) is 48.5 Å². The van der Waals surface area contributed by atoms with Crippen molar-refractivity contribution in [1.29, 1.82) is 0 Å². The zero-order chi connectivity index (χ0) is 25.9. The van der Waals surface area contributed by atoms with E-state index in [0.717, 1.165) is 79.8 Å². The minimum absolute atomic E-state index is 0.181. The highest BCUT2D eigenvalue weighted by Crippen LogP contribution is 2.26. The molecule has 0 spiro atoms. The number of carbonyl (C=O) groups excluding carboxylic acids is 1. The molecule has 2 saturated heterocycles. The average Bonchev–Trinajstić information content (AvgIpc) is 3.54. The van der Waals surface area contributed by atoms with Crippen molar-refractivity contribution in [1.82, 2.24) is 23.8 Å². The maximum Gasteiger partial charge on any atom is 0.337 e. The van der Waals surface area contributed by atoms with Crippen molar-refractivity contribution in [2.24, 2.45) is 0 Å². The Balaban J connectivity index is 1.10. The number of anilines is 1. The fraction of sp³-hybridized carbons (Fsp3) is 0.407. The first-order chi connectivity index (χ1) is 18.7. The Morgan fingerprint density at radius 3 is 2.66 bits per heavy atom. The molecule has 11 heteroatoms. The van der Waals surface area contributed by atoms with Crippen LogP contribution in [0.4, 0.5) is 5.13 Å². The fourth-order valence-electron chi connectivity index (χ4n) is 4.78. The molecule has 0 N–H and O–H groups in total. The van der Waals surface area contributed by atoms with E-state index in [2.05, 4.69) is 23.7 Å². The van der Waals surface area contributed by atoms with Crippen LogP contribution in [0, 0.1) is 0 Å². The van der Waals surface area contributed by atoms with Gasteiger partial charge in [-0.05, 0) is 30.2 Å². The summed E-state index contributed by atoms with van der Waals surface area (Å²) in [4.78, 5) is 26.3. The van der Waals surface area contributed by atoms with Gasteiger partial charge in [-0.1, -0.05) is 30.3 Å². The van der Waals surface area contributed by atoms with E-state index in [1.165, 1.54) is 18.6 Å². The molecule has 4 aromatic rings. The van der Waals surface area contributed by atoms with Crippen LogP contribution in [0.25, 0.3) is 11.0 Å². The first-order valence-electron chi connectivity index (χ1n) is 12.8. The second-order valence-electron chi connectivity index (χ2n) is 9.51. The molecule has 10 nitrogen and oxygen atoms in total. The van der Waals surface area contributed by atoms with Crippen LogP contribution in [0.1, 0.15) is 28.2 Å². The van der Waals surface area contributed by atoms with E-state index in [1.54, 1.807) is 6.07 Å². The number of aromatic nitrogens is 4. The van der Waals surface area contributed by atoms with Crippen LogP contribution in [-0.2, 0) is 29.2 Å². The largest absolute Gasteiger partial charge is 0.465 e. The molecule has 1 atom stereocenters. The van der Waals surface area contributed by atoms with Gasteiger partial charge in [0.05, 0.1) is 42.9 Å². The highest BCUT2D eigenvalue weighted by molar-refractivity contribution is 7.09. The Hall–Kier alpha value is -3.54. The van der Waals surface area contributed by atoms with Gasteiger partial charge in [-0.2, -0.15) is 4.98 Å². The van der Waals surface area contributed by atoms with Gasteiger partial charge in [0.2, 0.25) is 5.13 Å². The lowest BCUT2D eigenvalue weighted by molar-refractivity contribution is -0.0592. The number of benzene rings is 2. The van der Waals surface area contributed by atoms with Crippen molar-refractivity contribution < 1.29 is 19.0 Å². The number of rotatable bonds is 9. The van der Waals surface area contributed by atoms with Gasteiger partial charge in [0.25, 0.3) is 0 Å².